The monoisotopic (exact) mass is 369 g/mol. The summed E-state index contributed by atoms with van der Waals surface area (Å²) < 4.78 is 10.9. The number of hydrogen-bond acceptors (Lipinski definition) is 6. The number of likely N-dealkylation sites (N-methyl/N-ethyl adjacent to an activating group) is 1. The third kappa shape index (κ3) is 3.49. The molecule has 1 aliphatic heterocycles. The van der Waals surface area contributed by atoms with E-state index in [9.17, 15) is 4.79 Å². The van der Waals surface area contributed by atoms with Gasteiger partial charge in [-0.2, -0.15) is 5.10 Å². The van der Waals surface area contributed by atoms with Crippen LogP contribution in [-0.2, 0) is 11.3 Å². The lowest BCUT2D eigenvalue weighted by Gasteiger charge is -2.22. The molecule has 0 spiro atoms. The van der Waals surface area contributed by atoms with Crippen LogP contribution in [0.2, 0.25) is 0 Å². The number of thiophene rings is 1. The van der Waals surface area contributed by atoms with Gasteiger partial charge in [-0.25, -0.2) is 5.01 Å². The number of hydrazone groups is 1. The van der Waals surface area contributed by atoms with E-state index >= 15 is 0 Å². The van der Waals surface area contributed by atoms with E-state index in [1.54, 1.807) is 28.9 Å². The minimum Gasteiger partial charge on any atom is -0.468 e. The van der Waals surface area contributed by atoms with Crippen molar-refractivity contribution in [3.8, 4) is 0 Å². The van der Waals surface area contributed by atoms with Gasteiger partial charge in [0.2, 0.25) is 0 Å². The van der Waals surface area contributed by atoms with Gasteiger partial charge >= 0.3 is 0 Å². The standard InChI is InChI=1S/C19H19N3O3S/c1-21(12-14-5-2-8-24-14)13-19(23)22-16(17-6-3-9-25-17)11-15(20-22)18-7-4-10-26-18/h2-10,16H,11-13H2,1H3. The van der Waals surface area contributed by atoms with Gasteiger partial charge in [0.25, 0.3) is 5.91 Å². The van der Waals surface area contributed by atoms with Crippen LogP contribution in [0.5, 0.6) is 0 Å². The summed E-state index contributed by atoms with van der Waals surface area (Å²) in [7, 11) is 1.89. The molecule has 0 aromatic carbocycles. The predicted molar refractivity (Wildman–Crippen MR) is 98.8 cm³/mol. The maximum absolute atomic E-state index is 12.9. The molecular weight excluding hydrogens is 350 g/mol. The van der Waals surface area contributed by atoms with Gasteiger partial charge in [-0.05, 0) is 42.8 Å². The van der Waals surface area contributed by atoms with Gasteiger partial charge in [0.15, 0.2) is 0 Å². The maximum atomic E-state index is 12.9. The van der Waals surface area contributed by atoms with E-state index in [0.717, 1.165) is 22.1 Å². The molecule has 0 bridgehead atoms. The van der Waals surface area contributed by atoms with Crippen molar-refractivity contribution in [3.63, 3.8) is 0 Å². The number of furan rings is 2. The first kappa shape index (κ1) is 16.8. The zero-order valence-electron chi connectivity index (χ0n) is 14.4. The molecule has 1 amide bonds. The second-order valence-corrected chi connectivity index (χ2v) is 7.20. The van der Waals surface area contributed by atoms with E-state index in [2.05, 4.69) is 5.10 Å². The van der Waals surface area contributed by atoms with Crippen LogP contribution in [-0.4, -0.2) is 35.1 Å². The fourth-order valence-corrected chi connectivity index (χ4v) is 3.78. The molecule has 0 saturated carbocycles. The van der Waals surface area contributed by atoms with Crippen LogP contribution in [0.3, 0.4) is 0 Å². The zero-order chi connectivity index (χ0) is 17.9. The number of hydrogen-bond donors (Lipinski definition) is 0. The summed E-state index contributed by atoms with van der Waals surface area (Å²) in [5.41, 5.74) is 0.920. The maximum Gasteiger partial charge on any atom is 0.257 e. The lowest BCUT2D eigenvalue weighted by Crippen LogP contribution is -2.36. The second kappa shape index (κ2) is 7.31. The number of nitrogens with zero attached hydrogens (tertiary/aromatic N) is 3. The highest BCUT2D eigenvalue weighted by atomic mass is 32.1. The molecule has 0 N–H and O–H groups in total. The minimum absolute atomic E-state index is 0.0630. The number of carbonyl (C=O) groups is 1. The largest absolute Gasteiger partial charge is 0.468 e. The predicted octanol–water partition coefficient (Wildman–Crippen LogP) is 3.74. The molecule has 1 unspecified atom stereocenters. The van der Waals surface area contributed by atoms with Crippen LogP contribution in [0.4, 0.5) is 0 Å². The molecule has 6 nitrogen and oxygen atoms in total. The molecule has 4 heterocycles. The Balaban J connectivity index is 1.51. The van der Waals surface area contributed by atoms with E-state index in [0.29, 0.717) is 13.0 Å². The van der Waals surface area contributed by atoms with Crippen LogP contribution in [0.25, 0.3) is 0 Å². The smallest absolute Gasteiger partial charge is 0.257 e. The van der Waals surface area contributed by atoms with Gasteiger partial charge in [-0.1, -0.05) is 6.07 Å². The quantitative estimate of drug-likeness (QED) is 0.664. The number of amides is 1. The first-order valence-corrected chi connectivity index (χ1v) is 9.26. The SMILES string of the molecule is CN(CC(=O)N1N=C(c2cccs2)CC1c1ccco1)Cc1ccco1. The lowest BCUT2D eigenvalue weighted by atomic mass is 10.1. The van der Waals surface area contributed by atoms with Crippen molar-refractivity contribution >= 4 is 23.0 Å². The average molecular weight is 369 g/mol. The normalized spacial score (nSPS) is 17.1. The highest BCUT2D eigenvalue weighted by Crippen LogP contribution is 2.34. The number of carbonyl (C=O) groups excluding carboxylic acids is 1. The van der Waals surface area contributed by atoms with E-state index < -0.39 is 0 Å². The molecule has 4 rings (SSSR count). The Morgan fingerprint density at radius 3 is 2.81 bits per heavy atom. The minimum atomic E-state index is -0.202. The van der Waals surface area contributed by atoms with Crippen molar-refractivity contribution in [2.24, 2.45) is 5.10 Å². The van der Waals surface area contributed by atoms with E-state index in [-0.39, 0.29) is 18.5 Å². The van der Waals surface area contributed by atoms with E-state index in [1.807, 2.05) is 53.7 Å². The molecule has 7 heteroatoms. The Hall–Kier alpha value is -2.64. The molecule has 0 radical (unpaired) electrons. The summed E-state index contributed by atoms with van der Waals surface area (Å²) in [6.07, 6.45) is 3.92. The van der Waals surface area contributed by atoms with E-state index in [4.69, 9.17) is 8.83 Å². The molecule has 0 aliphatic carbocycles. The van der Waals surface area contributed by atoms with Crippen LogP contribution >= 0.6 is 11.3 Å². The topological polar surface area (TPSA) is 62.2 Å². The molecular formula is C19H19N3O3S. The van der Waals surface area contributed by atoms with Gasteiger partial charge in [-0.3, -0.25) is 9.69 Å². The highest BCUT2D eigenvalue weighted by Gasteiger charge is 2.35. The van der Waals surface area contributed by atoms with Crippen molar-refractivity contribution in [2.45, 2.75) is 19.0 Å². The third-order valence-electron chi connectivity index (χ3n) is 4.25. The van der Waals surface area contributed by atoms with Crippen molar-refractivity contribution < 1.29 is 13.6 Å². The summed E-state index contributed by atoms with van der Waals surface area (Å²) in [6, 6.07) is 11.3. The summed E-state index contributed by atoms with van der Waals surface area (Å²) in [5.74, 6) is 1.52. The number of rotatable bonds is 6. The fraction of sp³-hybridized carbons (Fsp3) is 0.263. The summed E-state index contributed by atoms with van der Waals surface area (Å²) in [6.45, 7) is 0.818. The first-order valence-electron chi connectivity index (χ1n) is 8.38. The Morgan fingerprint density at radius 2 is 2.12 bits per heavy atom. The molecule has 3 aromatic rings. The molecule has 0 fully saturated rings. The van der Waals surface area contributed by atoms with Crippen molar-refractivity contribution in [2.75, 3.05) is 13.6 Å². The Kier molecular flexibility index (Phi) is 4.73. The molecule has 0 saturated heterocycles. The lowest BCUT2D eigenvalue weighted by molar-refractivity contribution is -0.134. The highest BCUT2D eigenvalue weighted by molar-refractivity contribution is 7.12. The fourth-order valence-electron chi connectivity index (χ4n) is 3.06. The van der Waals surface area contributed by atoms with Crippen LogP contribution in [0.1, 0.15) is 28.9 Å². The average Bonchev–Trinajstić information content (AvgIpc) is 3.39. The Morgan fingerprint density at radius 1 is 1.27 bits per heavy atom. The van der Waals surface area contributed by atoms with Crippen molar-refractivity contribution in [1.29, 1.82) is 0 Å². The first-order chi connectivity index (χ1) is 12.7. The van der Waals surface area contributed by atoms with Crippen LogP contribution < -0.4 is 0 Å². The summed E-state index contributed by atoms with van der Waals surface area (Å²) in [5, 5.41) is 8.20. The third-order valence-corrected chi connectivity index (χ3v) is 5.17. The van der Waals surface area contributed by atoms with Crippen molar-refractivity contribution in [3.05, 3.63) is 70.7 Å². The molecule has 1 aliphatic rings. The Labute approximate surface area is 155 Å². The summed E-state index contributed by atoms with van der Waals surface area (Å²) in [4.78, 5) is 15.9. The summed E-state index contributed by atoms with van der Waals surface area (Å²) >= 11 is 1.63. The molecule has 134 valence electrons. The van der Waals surface area contributed by atoms with Gasteiger partial charge < -0.3 is 8.83 Å². The molecule has 3 aromatic heterocycles. The second-order valence-electron chi connectivity index (χ2n) is 6.25. The molecule has 26 heavy (non-hydrogen) atoms. The Bertz CT molecular complexity index is 869. The van der Waals surface area contributed by atoms with Gasteiger partial charge in [0.05, 0.1) is 36.2 Å². The van der Waals surface area contributed by atoms with Gasteiger partial charge in [0.1, 0.15) is 17.6 Å². The van der Waals surface area contributed by atoms with Gasteiger partial charge in [0, 0.05) is 6.42 Å². The van der Waals surface area contributed by atoms with Gasteiger partial charge in [-0.15, -0.1) is 11.3 Å². The molecule has 1 atom stereocenters. The van der Waals surface area contributed by atoms with Crippen LogP contribution in [0, 0.1) is 0 Å². The van der Waals surface area contributed by atoms with Crippen LogP contribution in [0.15, 0.2) is 68.2 Å². The van der Waals surface area contributed by atoms with Crippen molar-refractivity contribution in [1.82, 2.24) is 9.91 Å². The van der Waals surface area contributed by atoms with E-state index in [1.165, 1.54) is 0 Å². The zero-order valence-corrected chi connectivity index (χ0v) is 15.2.